The molecule has 0 heterocycles. The van der Waals surface area contributed by atoms with Gasteiger partial charge in [0, 0.05) is 19.6 Å². The van der Waals surface area contributed by atoms with Gasteiger partial charge in [-0.25, -0.2) is 0 Å². The second-order valence-electron chi connectivity index (χ2n) is 2.08. The highest BCUT2D eigenvalue weighted by Crippen LogP contribution is 1.81. The quantitative estimate of drug-likeness (QED) is 0.659. The van der Waals surface area contributed by atoms with Crippen LogP contribution in [0, 0.1) is 0 Å². The van der Waals surface area contributed by atoms with E-state index in [4.69, 9.17) is 9.84 Å². The van der Waals surface area contributed by atoms with Crippen LogP contribution in [0.15, 0.2) is 0 Å². The van der Waals surface area contributed by atoms with E-state index < -0.39 is 0 Å². The van der Waals surface area contributed by atoms with Gasteiger partial charge in [-0.2, -0.15) is 0 Å². The van der Waals surface area contributed by atoms with Crippen molar-refractivity contribution in [1.29, 1.82) is 0 Å². The molecule has 0 aromatic heterocycles. The Kier molecular flexibility index (Phi) is 16.0. The molecular weight excluding hydrogens is 172 g/mol. The van der Waals surface area contributed by atoms with Crippen LogP contribution in [-0.4, -0.2) is 37.5 Å². The summed E-state index contributed by atoms with van der Waals surface area (Å²) in [6.45, 7) is 7.40. The molecule has 0 saturated heterocycles. The molecule has 0 bridgehead atoms. The monoisotopic (exact) mass is 192 g/mol. The molecule has 0 aliphatic heterocycles. The smallest absolute Gasteiger partial charge is 0.305 e. The maximum atomic E-state index is 10.2. The maximum Gasteiger partial charge on any atom is 0.305 e. The van der Waals surface area contributed by atoms with Crippen molar-refractivity contribution in [3.8, 4) is 0 Å². The lowest BCUT2D eigenvalue weighted by Crippen LogP contribution is -2.06. The average molecular weight is 192 g/mol. The van der Waals surface area contributed by atoms with Crippen LogP contribution in [0.2, 0.25) is 0 Å². The van der Waals surface area contributed by atoms with Gasteiger partial charge in [-0.15, -0.1) is 0 Å². The third-order valence-electron chi connectivity index (χ3n) is 1.05. The molecule has 13 heavy (non-hydrogen) atoms. The molecule has 0 aliphatic rings. The largest absolute Gasteiger partial charge is 0.463 e. The topological polar surface area (TPSA) is 55.8 Å². The van der Waals surface area contributed by atoms with E-state index in [2.05, 4.69) is 4.74 Å². The van der Waals surface area contributed by atoms with E-state index in [-0.39, 0.29) is 19.2 Å². The number of hydrogen-bond donors (Lipinski definition) is 1. The fourth-order valence-electron chi connectivity index (χ4n) is 0.466. The molecule has 0 aliphatic carbocycles. The predicted molar refractivity (Wildman–Crippen MR) is 50.5 cm³/mol. The Morgan fingerprint density at radius 1 is 1.23 bits per heavy atom. The van der Waals surface area contributed by atoms with Crippen LogP contribution in [0.25, 0.3) is 0 Å². The Hall–Kier alpha value is -0.610. The summed E-state index contributed by atoms with van der Waals surface area (Å²) in [5, 5.41) is 8.13. The summed E-state index contributed by atoms with van der Waals surface area (Å²) in [6, 6.07) is 0. The predicted octanol–water partition coefficient (Wildman–Crippen LogP) is 0.975. The zero-order valence-electron chi connectivity index (χ0n) is 8.71. The van der Waals surface area contributed by atoms with Crippen molar-refractivity contribution < 1.29 is 19.4 Å². The first-order chi connectivity index (χ1) is 6.22. The van der Waals surface area contributed by atoms with Crippen molar-refractivity contribution in [3.63, 3.8) is 0 Å². The lowest BCUT2D eigenvalue weighted by atomic mass is 10.5. The number of carbonyl (C=O) groups is 1. The molecule has 0 spiro atoms. The molecule has 0 atom stereocenters. The third-order valence-corrected chi connectivity index (χ3v) is 1.05. The number of rotatable bonds is 5. The van der Waals surface area contributed by atoms with Gasteiger partial charge < -0.3 is 14.6 Å². The first kappa shape index (κ1) is 14.9. The highest BCUT2D eigenvalue weighted by Gasteiger charge is 1.93. The normalized spacial score (nSPS) is 8.62. The van der Waals surface area contributed by atoms with Crippen LogP contribution in [0.3, 0.4) is 0 Å². The maximum absolute atomic E-state index is 10.2. The van der Waals surface area contributed by atoms with Gasteiger partial charge in [-0.1, -0.05) is 6.92 Å². The van der Waals surface area contributed by atoms with Crippen molar-refractivity contribution in [2.24, 2.45) is 0 Å². The van der Waals surface area contributed by atoms with Gasteiger partial charge in [0.1, 0.15) is 6.61 Å². The van der Waals surface area contributed by atoms with Gasteiger partial charge in [-0.05, 0) is 13.8 Å². The van der Waals surface area contributed by atoms with Gasteiger partial charge in [0.2, 0.25) is 0 Å². The molecule has 0 saturated carbocycles. The Labute approximate surface area is 79.8 Å². The van der Waals surface area contributed by atoms with E-state index in [0.717, 1.165) is 13.2 Å². The minimum absolute atomic E-state index is 0.0915. The number of ether oxygens (including phenoxy) is 2. The fraction of sp³-hybridized carbons (Fsp3) is 0.889. The van der Waals surface area contributed by atoms with Gasteiger partial charge in [-0.3, -0.25) is 4.79 Å². The van der Waals surface area contributed by atoms with Crippen LogP contribution in [0.1, 0.15) is 27.2 Å². The second kappa shape index (κ2) is 13.9. The van der Waals surface area contributed by atoms with Crippen LogP contribution in [0.5, 0.6) is 0 Å². The van der Waals surface area contributed by atoms with E-state index in [9.17, 15) is 4.79 Å². The van der Waals surface area contributed by atoms with E-state index in [1.165, 1.54) is 0 Å². The fourth-order valence-corrected chi connectivity index (χ4v) is 0.466. The van der Waals surface area contributed by atoms with Crippen LogP contribution in [-0.2, 0) is 14.3 Å². The summed E-state index contributed by atoms with van der Waals surface area (Å²) in [5.41, 5.74) is 0. The van der Waals surface area contributed by atoms with E-state index in [1.54, 1.807) is 6.92 Å². The first-order valence-electron chi connectivity index (χ1n) is 4.57. The van der Waals surface area contributed by atoms with E-state index in [0.29, 0.717) is 6.42 Å². The molecule has 4 nitrogen and oxygen atoms in total. The lowest BCUT2D eigenvalue weighted by molar-refractivity contribution is -0.144. The van der Waals surface area contributed by atoms with Crippen molar-refractivity contribution in [1.82, 2.24) is 0 Å². The Bertz CT molecular complexity index is 102. The van der Waals surface area contributed by atoms with E-state index in [1.807, 2.05) is 13.8 Å². The van der Waals surface area contributed by atoms with Gasteiger partial charge in [0.15, 0.2) is 0 Å². The highest BCUT2D eigenvalue weighted by molar-refractivity contribution is 5.68. The number of carbonyl (C=O) groups excluding carboxylic acids is 1. The summed E-state index contributed by atoms with van der Waals surface area (Å²) in [5.74, 6) is -0.265. The number of esters is 1. The number of hydrogen-bond acceptors (Lipinski definition) is 4. The zero-order valence-corrected chi connectivity index (χ0v) is 8.71. The van der Waals surface area contributed by atoms with Gasteiger partial charge >= 0.3 is 5.97 Å². The molecule has 0 amide bonds. The number of aliphatic hydroxyl groups is 1. The van der Waals surface area contributed by atoms with Crippen LogP contribution < -0.4 is 0 Å². The molecule has 4 heteroatoms. The van der Waals surface area contributed by atoms with Gasteiger partial charge in [0.05, 0.1) is 6.61 Å². The van der Waals surface area contributed by atoms with Crippen LogP contribution in [0.4, 0.5) is 0 Å². The van der Waals surface area contributed by atoms with Crippen molar-refractivity contribution in [2.45, 2.75) is 27.2 Å². The molecule has 0 radical (unpaired) electrons. The molecule has 0 aromatic rings. The summed E-state index contributed by atoms with van der Waals surface area (Å²) in [7, 11) is 0. The third kappa shape index (κ3) is 18.4. The molecule has 0 unspecified atom stereocenters. The van der Waals surface area contributed by atoms with Crippen molar-refractivity contribution in [2.75, 3.05) is 26.4 Å². The summed E-state index contributed by atoms with van der Waals surface area (Å²) >= 11 is 0. The van der Waals surface area contributed by atoms with Crippen molar-refractivity contribution in [3.05, 3.63) is 0 Å². The van der Waals surface area contributed by atoms with Gasteiger partial charge in [0.25, 0.3) is 0 Å². The average Bonchev–Trinajstić information content (AvgIpc) is 2.16. The van der Waals surface area contributed by atoms with E-state index >= 15 is 0 Å². The SMILES string of the molecule is CCC(=O)OCCO.CCOCC. The van der Waals surface area contributed by atoms with Crippen molar-refractivity contribution >= 4 is 5.97 Å². The standard InChI is InChI=1S/C5H10O3.C4H10O/c1-2-5(7)8-4-3-6;1-3-5-4-2/h6H,2-4H2,1H3;3-4H2,1-2H3. The Morgan fingerprint density at radius 2 is 1.77 bits per heavy atom. The summed E-state index contributed by atoms with van der Waals surface area (Å²) in [4.78, 5) is 10.2. The molecule has 1 N–H and O–H groups in total. The second-order valence-corrected chi connectivity index (χ2v) is 2.08. The highest BCUT2D eigenvalue weighted by atomic mass is 16.5. The molecule has 80 valence electrons. The Balaban J connectivity index is 0. The number of aliphatic hydroxyl groups excluding tert-OH is 1. The minimum Gasteiger partial charge on any atom is -0.463 e. The summed E-state index contributed by atoms with van der Waals surface area (Å²) in [6.07, 6.45) is 0.375. The van der Waals surface area contributed by atoms with Crippen LogP contribution >= 0.6 is 0 Å². The zero-order chi connectivity index (χ0) is 10.5. The lowest BCUT2D eigenvalue weighted by Gasteiger charge is -1.96. The molecule has 0 rings (SSSR count). The first-order valence-corrected chi connectivity index (χ1v) is 4.57. The Morgan fingerprint density at radius 3 is 2.00 bits per heavy atom. The molecule has 0 aromatic carbocycles. The molecule has 0 fully saturated rings. The minimum atomic E-state index is -0.265. The molecular formula is C9H20O4. The summed E-state index contributed by atoms with van der Waals surface area (Å²) < 4.78 is 9.28.